The molecule has 0 fully saturated rings. The maximum Gasteiger partial charge on any atom is 0.343 e. The zero-order chi connectivity index (χ0) is 26.8. The van der Waals surface area contributed by atoms with Gasteiger partial charge in [-0.25, -0.2) is 9.18 Å². The van der Waals surface area contributed by atoms with Gasteiger partial charge >= 0.3 is 5.97 Å². The molecule has 0 saturated heterocycles. The van der Waals surface area contributed by atoms with E-state index in [1.807, 2.05) is 18.2 Å². The fourth-order valence-corrected chi connectivity index (χ4v) is 4.38. The van der Waals surface area contributed by atoms with E-state index in [2.05, 4.69) is 4.90 Å². The van der Waals surface area contributed by atoms with Gasteiger partial charge in [0.05, 0.1) is 30.0 Å². The Labute approximate surface area is 216 Å². The van der Waals surface area contributed by atoms with Crippen molar-refractivity contribution in [3.8, 4) is 22.7 Å². The summed E-state index contributed by atoms with van der Waals surface area (Å²) in [6, 6.07) is 19.0. The van der Waals surface area contributed by atoms with Gasteiger partial charge in [-0.05, 0) is 42.0 Å². The highest BCUT2D eigenvalue weighted by Crippen LogP contribution is 2.37. The van der Waals surface area contributed by atoms with Gasteiger partial charge in [0.15, 0.2) is 5.43 Å². The summed E-state index contributed by atoms with van der Waals surface area (Å²) < 4.78 is 25.9. The molecule has 0 unspecified atom stereocenters. The molecular weight excluding hydrogens is 493 g/mol. The number of hydrogen-bond acceptors (Lipinski definition) is 7. The molecule has 5 rings (SSSR count). The highest BCUT2D eigenvalue weighted by molar-refractivity contribution is 5.89. The quantitative estimate of drug-likeness (QED) is 0.208. The number of methoxy groups -OCH3 is 1. The van der Waals surface area contributed by atoms with Crippen molar-refractivity contribution in [1.82, 2.24) is 4.57 Å². The van der Waals surface area contributed by atoms with Crippen molar-refractivity contribution in [2.75, 3.05) is 25.2 Å². The van der Waals surface area contributed by atoms with Crippen molar-refractivity contribution >= 4 is 17.3 Å². The van der Waals surface area contributed by atoms with E-state index in [0.717, 1.165) is 11.3 Å². The first kappa shape index (κ1) is 24.7. The number of non-ortho nitro benzene ring substituents is 1. The first-order valence-electron chi connectivity index (χ1n) is 11.7. The van der Waals surface area contributed by atoms with Crippen molar-refractivity contribution in [3.63, 3.8) is 0 Å². The van der Waals surface area contributed by atoms with Gasteiger partial charge in [-0.15, -0.1) is 0 Å². The Morgan fingerprint density at radius 3 is 2.50 bits per heavy atom. The predicted octanol–water partition coefficient (Wildman–Crippen LogP) is 4.74. The number of nitrogens with zero attached hydrogens (tertiary/aromatic N) is 3. The van der Waals surface area contributed by atoms with Crippen LogP contribution in [0.1, 0.15) is 15.9 Å². The monoisotopic (exact) mass is 515 g/mol. The molecule has 1 aromatic heterocycles. The van der Waals surface area contributed by atoms with Crippen LogP contribution in [-0.2, 0) is 11.3 Å². The number of pyridine rings is 1. The van der Waals surface area contributed by atoms with Crippen molar-refractivity contribution in [3.05, 3.63) is 116 Å². The Hall–Kier alpha value is -4.99. The summed E-state index contributed by atoms with van der Waals surface area (Å²) >= 11 is 0. The maximum absolute atomic E-state index is 13.6. The maximum atomic E-state index is 13.6. The number of aromatic nitrogens is 1. The first-order chi connectivity index (χ1) is 18.3. The molecule has 0 saturated carbocycles. The van der Waals surface area contributed by atoms with Crippen LogP contribution >= 0.6 is 0 Å². The standard InChI is InChI=1S/C28H22FN3O6/c1-37-28(34)23-17-31(21-9-5-20(29)6-10-21)25(15-26(23)33)19-4-11-24-27(14-19)38-13-12-30(24)16-18-2-7-22(8-3-18)32(35)36/h2-11,14-15,17H,12-13,16H2,1H3. The Balaban J connectivity index is 1.53. The highest BCUT2D eigenvalue weighted by Gasteiger charge is 2.22. The molecule has 0 aliphatic carbocycles. The van der Waals surface area contributed by atoms with Gasteiger partial charge in [0.1, 0.15) is 23.7 Å². The zero-order valence-corrected chi connectivity index (χ0v) is 20.3. The lowest BCUT2D eigenvalue weighted by Crippen LogP contribution is -2.32. The summed E-state index contributed by atoms with van der Waals surface area (Å²) in [4.78, 5) is 37.6. The molecule has 1 aliphatic heterocycles. The number of benzene rings is 3. The van der Waals surface area contributed by atoms with Crippen LogP contribution in [0.3, 0.4) is 0 Å². The van der Waals surface area contributed by atoms with Gasteiger partial charge in [-0.1, -0.05) is 18.2 Å². The number of ether oxygens (including phenoxy) is 2. The molecule has 38 heavy (non-hydrogen) atoms. The van der Waals surface area contributed by atoms with E-state index in [-0.39, 0.29) is 11.3 Å². The fraction of sp³-hybridized carbons (Fsp3) is 0.143. The number of nitro groups is 1. The number of esters is 1. The van der Waals surface area contributed by atoms with Crippen LogP contribution in [0.4, 0.5) is 15.8 Å². The van der Waals surface area contributed by atoms with Crippen LogP contribution in [0.25, 0.3) is 16.9 Å². The van der Waals surface area contributed by atoms with E-state index >= 15 is 0 Å². The second-order valence-electron chi connectivity index (χ2n) is 8.65. The van der Waals surface area contributed by atoms with E-state index in [0.29, 0.717) is 42.4 Å². The number of rotatable bonds is 6. The van der Waals surface area contributed by atoms with Crippen LogP contribution < -0.4 is 15.1 Å². The average Bonchev–Trinajstić information content (AvgIpc) is 2.93. The van der Waals surface area contributed by atoms with E-state index in [4.69, 9.17) is 9.47 Å². The minimum absolute atomic E-state index is 0.0335. The lowest BCUT2D eigenvalue weighted by Gasteiger charge is -2.31. The number of carbonyl (C=O) groups is 1. The SMILES string of the molecule is COC(=O)c1cn(-c2ccc(F)cc2)c(-c2ccc3c(c2)OCCN3Cc2ccc([N+](=O)[O-])cc2)cc1=O. The molecule has 0 atom stereocenters. The minimum Gasteiger partial charge on any atom is -0.490 e. The summed E-state index contributed by atoms with van der Waals surface area (Å²) in [6.07, 6.45) is 1.39. The summed E-state index contributed by atoms with van der Waals surface area (Å²) in [5, 5.41) is 11.0. The third-order valence-corrected chi connectivity index (χ3v) is 6.30. The Kier molecular flexibility index (Phi) is 6.61. The molecule has 9 nitrogen and oxygen atoms in total. The molecule has 0 amide bonds. The van der Waals surface area contributed by atoms with Crippen molar-refractivity contribution in [2.24, 2.45) is 0 Å². The lowest BCUT2D eigenvalue weighted by molar-refractivity contribution is -0.384. The second-order valence-corrected chi connectivity index (χ2v) is 8.65. The number of carbonyl (C=O) groups excluding carboxylic acids is 1. The predicted molar refractivity (Wildman–Crippen MR) is 138 cm³/mol. The number of anilines is 1. The van der Waals surface area contributed by atoms with Gasteiger partial charge in [-0.2, -0.15) is 0 Å². The molecule has 3 aromatic carbocycles. The van der Waals surface area contributed by atoms with Crippen LogP contribution in [0.2, 0.25) is 0 Å². The number of fused-ring (bicyclic) bond motifs is 1. The smallest absolute Gasteiger partial charge is 0.343 e. The Morgan fingerprint density at radius 1 is 1.08 bits per heavy atom. The Bertz CT molecular complexity index is 1580. The molecular formula is C28H22FN3O6. The van der Waals surface area contributed by atoms with E-state index in [9.17, 15) is 24.1 Å². The van der Waals surface area contributed by atoms with E-state index in [1.54, 1.807) is 28.8 Å². The van der Waals surface area contributed by atoms with Crippen LogP contribution in [-0.4, -0.2) is 35.7 Å². The highest BCUT2D eigenvalue weighted by atomic mass is 19.1. The molecule has 0 spiro atoms. The molecule has 4 aromatic rings. The normalized spacial score (nSPS) is 12.4. The minimum atomic E-state index is -0.770. The fourth-order valence-electron chi connectivity index (χ4n) is 4.38. The van der Waals surface area contributed by atoms with Gasteiger partial charge in [0, 0.05) is 42.2 Å². The summed E-state index contributed by atoms with van der Waals surface area (Å²) in [5.74, 6) is -0.585. The molecule has 0 bridgehead atoms. The summed E-state index contributed by atoms with van der Waals surface area (Å²) in [5.41, 5.74) is 2.80. The van der Waals surface area contributed by atoms with Gasteiger partial charge < -0.3 is 18.9 Å². The molecule has 0 radical (unpaired) electrons. The number of halogens is 1. The van der Waals surface area contributed by atoms with Gasteiger partial charge in [0.25, 0.3) is 5.69 Å². The number of nitro benzene ring substituents is 1. The van der Waals surface area contributed by atoms with E-state index in [1.165, 1.54) is 43.6 Å². The summed E-state index contributed by atoms with van der Waals surface area (Å²) in [7, 11) is 1.20. The summed E-state index contributed by atoms with van der Waals surface area (Å²) in [6.45, 7) is 1.58. The van der Waals surface area contributed by atoms with Crippen LogP contribution in [0.5, 0.6) is 5.75 Å². The van der Waals surface area contributed by atoms with Crippen LogP contribution in [0, 0.1) is 15.9 Å². The van der Waals surface area contributed by atoms with Crippen LogP contribution in [0.15, 0.2) is 83.8 Å². The Morgan fingerprint density at radius 2 is 1.82 bits per heavy atom. The zero-order valence-electron chi connectivity index (χ0n) is 20.3. The average molecular weight is 515 g/mol. The van der Waals surface area contributed by atoms with Crippen molar-refractivity contribution < 1.29 is 23.6 Å². The molecule has 10 heteroatoms. The third kappa shape index (κ3) is 4.83. The topological polar surface area (TPSA) is 104 Å². The molecule has 0 N–H and O–H groups in total. The number of hydrogen-bond donors (Lipinski definition) is 0. The molecule has 1 aliphatic rings. The van der Waals surface area contributed by atoms with Gasteiger partial charge in [0.2, 0.25) is 0 Å². The third-order valence-electron chi connectivity index (χ3n) is 6.30. The van der Waals surface area contributed by atoms with Crippen molar-refractivity contribution in [1.29, 1.82) is 0 Å². The lowest BCUT2D eigenvalue weighted by atomic mass is 10.1. The van der Waals surface area contributed by atoms with E-state index < -0.39 is 22.1 Å². The molecule has 192 valence electrons. The molecule has 2 heterocycles. The first-order valence-corrected chi connectivity index (χ1v) is 11.7. The van der Waals surface area contributed by atoms with Gasteiger partial charge in [-0.3, -0.25) is 14.9 Å². The van der Waals surface area contributed by atoms with Crippen molar-refractivity contribution in [2.45, 2.75) is 6.54 Å². The second kappa shape index (κ2) is 10.2. The largest absolute Gasteiger partial charge is 0.490 e.